The van der Waals surface area contributed by atoms with Gasteiger partial charge < -0.3 is 14.4 Å². The summed E-state index contributed by atoms with van der Waals surface area (Å²) in [7, 11) is 0. The zero-order chi connectivity index (χ0) is 16.9. The second-order valence-electron chi connectivity index (χ2n) is 7.54. The van der Waals surface area contributed by atoms with Crippen LogP contribution in [0.4, 0.5) is 0 Å². The standard InChI is InChI=1S/C19H34N2O3/c1-3-20-11-6-9-17(20)18-10-7-12-21(18)19(22)15(2)24-14-16-8-4-5-13-23-16/h15-18H,3-14H2,1-2H3/t15-,16-,17+,18-/m0/s1. The Morgan fingerprint density at radius 2 is 1.92 bits per heavy atom. The summed E-state index contributed by atoms with van der Waals surface area (Å²) in [5, 5.41) is 0. The summed E-state index contributed by atoms with van der Waals surface area (Å²) < 4.78 is 11.6. The van der Waals surface area contributed by atoms with Crippen LogP contribution in [0.15, 0.2) is 0 Å². The van der Waals surface area contributed by atoms with Gasteiger partial charge in [-0.1, -0.05) is 6.92 Å². The van der Waals surface area contributed by atoms with E-state index in [1.165, 1.54) is 25.8 Å². The van der Waals surface area contributed by atoms with E-state index in [1.807, 2.05) is 6.92 Å². The van der Waals surface area contributed by atoms with E-state index in [0.717, 1.165) is 45.4 Å². The van der Waals surface area contributed by atoms with Gasteiger partial charge in [-0.2, -0.15) is 0 Å². The Balaban J connectivity index is 1.52. The van der Waals surface area contributed by atoms with Crippen molar-refractivity contribution < 1.29 is 14.3 Å². The highest BCUT2D eigenvalue weighted by atomic mass is 16.5. The molecule has 3 aliphatic heterocycles. The predicted molar refractivity (Wildman–Crippen MR) is 94.0 cm³/mol. The number of hydrogen-bond acceptors (Lipinski definition) is 4. The molecule has 24 heavy (non-hydrogen) atoms. The third kappa shape index (κ3) is 4.12. The quantitative estimate of drug-likeness (QED) is 0.746. The van der Waals surface area contributed by atoms with E-state index in [-0.39, 0.29) is 18.1 Å². The lowest BCUT2D eigenvalue weighted by Crippen LogP contribution is -2.51. The average Bonchev–Trinajstić information content (AvgIpc) is 3.27. The van der Waals surface area contributed by atoms with Crippen LogP contribution in [0, 0.1) is 0 Å². The van der Waals surface area contributed by atoms with Crippen LogP contribution in [0.5, 0.6) is 0 Å². The number of rotatable bonds is 6. The Kier molecular flexibility index (Phi) is 6.53. The summed E-state index contributed by atoms with van der Waals surface area (Å²) >= 11 is 0. The minimum atomic E-state index is -0.354. The molecule has 5 nitrogen and oxygen atoms in total. The fourth-order valence-corrected chi connectivity index (χ4v) is 4.64. The maximum absolute atomic E-state index is 12.9. The lowest BCUT2D eigenvalue weighted by atomic mass is 10.0. The Bertz CT molecular complexity index is 411. The van der Waals surface area contributed by atoms with Crippen molar-refractivity contribution in [2.45, 2.75) is 83.1 Å². The minimum Gasteiger partial charge on any atom is -0.376 e. The minimum absolute atomic E-state index is 0.175. The van der Waals surface area contributed by atoms with Crippen LogP contribution in [0.25, 0.3) is 0 Å². The van der Waals surface area contributed by atoms with Crippen LogP contribution >= 0.6 is 0 Å². The van der Waals surface area contributed by atoms with Gasteiger partial charge in [0.1, 0.15) is 6.10 Å². The number of ether oxygens (including phenoxy) is 2. The molecule has 0 N–H and O–H groups in total. The molecule has 0 spiro atoms. The van der Waals surface area contributed by atoms with Crippen molar-refractivity contribution in [1.29, 1.82) is 0 Å². The van der Waals surface area contributed by atoms with Crippen molar-refractivity contribution in [3.8, 4) is 0 Å². The van der Waals surface area contributed by atoms with Crippen LogP contribution in [0.3, 0.4) is 0 Å². The molecule has 0 aliphatic carbocycles. The number of likely N-dealkylation sites (N-methyl/N-ethyl adjacent to an activating group) is 1. The van der Waals surface area contributed by atoms with Crippen molar-refractivity contribution >= 4 is 5.91 Å². The molecule has 0 saturated carbocycles. The maximum Gasteiger partial charge on any atom is 0.251 e. The van der Waals surface area contributed by atoms with Gasteiger partial charge in [0.2, 0.25) is 0 Å². The van der Waals surface area contributed by atoms with Gasteiger partial charge in [0.25, 0.3) is 5.91 Å². The van der Waals surface area contributed by atoms with Gasteiger partial charge in [-0.3, -0.25) is 9.69 Å². The third-order valence-electron chi connectivity index (χ3n) is 6.00. The van der Waals surface area contributed by atoms with E-state index in [2.05, 4.69) is 16.7 Å². The van der Waals surface area contributed by atoms with E-state index in [1.54, 1.807) is 0 Å². The highest BCUT2D eigenvalue weighted by Gasteiger charge is 2.40. The van der Waals surface area contributed by atoms with Crippen molar-refractivity contribution in [3.05, 3.63) is 0 Å². The Hall–Kier alpha value is -0.650. The summed E-state index contributed by atoms with van der Waals surface area (Å²) in [4.78, 5) is 17.6. The first-order valence-electron chi connectivity index (χ1n) is 9.98. The molecule has 5 heteroatoms. The fraction of sp³-hybridized carbons (Fsp3) is 0.947. The molecule has 4 atom stereocenters. The average molecular weight is 338 g/mol. The lowest BCUT2D eigenvalue weighted by Gasteiger charge is -2.35. The SMILES string of the molecule is CCN1CCC[C@@H]1[C@@H]1CCCN1C(=O)[C@H](C)OC[C@@H]1CCCCO1. The first-order chi connectivity index (χ1) is 11.7. The largest absolute Gasteiger partial charge is 0.376 e. The molecule has 3 aliphatic rings. The molecule has 3 heterocycles. The summed E-state index contributed by atoms with van der Waals surface area (Å²) in [6.45, 7) is 8.70. The number of carbonyl (C=O) groups excluding carboxylic acids is 1. The van der Waals surface area contributed by atoms with Gasteiger partial charge in [-0.25, -0.2) is 0 Å². The predicted octanol–water partition coefficient (Wildman–Crippen LogP) is 2.44. The van der Waals surface area contributed by atoms with Gasteiger partial charge in [0.05, 0.1) is 12.7 Å². The molecule has 3 saturated heterocycles. The molecular weight excluding hydrogens is 304 g/mol. The summed E-state index contributed by atoms with van der Waals surface area (Å²) in [6, 6.07) is 0.937. The highest BCUT2D eigenvalue weighted by molar-refractivity contribution is 5.81. The molecule has 3 rings (SSSR count). The van der Waals surface area contributed by atoms with Crippen LogP contribution in [-0.4, -0.2) is 72.8 Å². The topological polar surface area (TPSA) is 42.0 Å². The zero-order valence-corrected chi connectivity index (χ0v) is 15.4. The molecule has 1 amide bonds. The second-order valence-corrected chi connectivity index (χ2v) is 7.54. The van der Waals surface area contributed by atoms with Crippen molar-refractivity contribution in [2.75, 3.05) is 32.8 Å². The molecule has 0 aromatic heterocycles. The Labute approximate surface area is 146 Å². The summed E-state index contributed by atoms with van der Waals surface area (Å²) in [5.74, 6) is 0.177. The first-order valence-corrected chi connectivity index (χ1v) is 9.98. The van der Waals surface area contributed by atoms with Gasteiger partial charge in [0.15, 0.2) is 0 Å². The molecule has 0 aromatic carbocycles. The molecule has 138 valence electrons. The van der Waals surface area contributed by atoms with Gasteiger partial charge in [0, 0.05) is 25.2 Å². The lowest BCUT2D eigenvalue weighted by molar-refractivity contribution is -0.148. The second kappa shape index (κ2) is 8.63. The van der Waals surface area contributed by atoms with Gasteiger partial charge in [-0.15, -0.1) is 0 Å². The van der Waals surface area contributed by atoms with E-state index in [0.29, 0.717) is 18.7 Å². The number of likely N-dealkylation sites (tertiary alicyclic amines) is 2. The molecular formula is C19H34N2O3. The Morgan fingerprint density at radius 3 is 2.67 bits per heavy atom. The van der Waals surface area contributed by atoms with Crippen LogP contribution < -0.4 is 0 Å². The smallest absolute Gasteiger partial charge is 0.251 e. The van der Waals surface area contributed by atoms with Crippen molar-refractivity contribution in [3.63, 3.8) is 0 Å². The van der Waals surface area contributed by atoms with Crippen LogP contribution in [0.1, 0.15) is 58.8 Å². The monoisotopic (exact) mass is 338 g/mol. The van der Waals surface area contributed by atoms with Crippen LogP contribution in [0.2, 0.25) is 0 Å². The molecule has 0 aromatic rings. The number of amides is 1. The van der Waals surface area contributed by atoms with Crippen LogP contribution in [-0.2, 0) is 14.3 Å². The fourth-order valence-electron chi connectivity index (χ4n) is 4.64. The number of carbonyl (C=O) groups is 1. The normalized spacial score (nSPS) is 33.1. The molecule has 0 radical (unpaired) electrons. The van der Waals surface area contributed by atoms with Crippen molar-refractivity contribution in [1.82, 2.24) is 9.80 Å². The third-order valence-corrected chi connectivity index (χ3v) is 6.00. The highest BCUT2D eigenvalue weighted by Crippen LogP contribution is 2.30. The van der Waals surface area contributed by atoms with E-state index in [4.69, 9.17) is 9.47 Å². The maximum atomic E-state index is 12.9. The molecule has 3 fully saturated rings. The van der Waals surface area contributed by atoms with E-state index < -0.39 is 0 Å². The zero-order valence-electron chi connectivity index (χ0n) is 15.4. The van der Waals surface area contributed by atoms with Gasteiger partial charge in [-0.05, 0) is 65.0 Å². The van der Waals surface area contributed by atoms with E-state index >= 15 is 0 Å². The summed E-state index contributed by atoms with van der Waals surface area (Å²) in [5.41, 5.74) is 0. The number of nitrogens with zero attached hydrogens (tertiary/aromatic N) is 2. The van der Waals surface area contributed by atoms with Crippen molar-refractivity contribution in [2.24, 2.45) is 0 Å². The van der Waals surface area contributed by atoms with Gasteiger partial charge >= 0.3 is 0 Å². The number of hydrogen-bond donors (Lipinski definition) is 0. The summed E-state index contributed by atoms with van der Waals surface area (Å²) in [6.07, 6.45) is 8.00. The first kappa shape index (κ1) is 18.2. The molecule has 0 bridgehead atoms. The van der Waals surface area contributed by atoms with E-state index in [9.17, 15) is 4.79 Å². The Morgan fingerprint density at radius 1 is 1.12 bits per heavy atom. The molecule has 0 unspecified atom stereocenters.